The van der Waals surface area contributed by atoms with Gasteiger partial charge < -0.3 is 14.8 Å². The van der Waals surface area contributed by atoms with Crippen LogP contribution < -0.4 is 14.8 Å². The lowest BCUT2D eigenvalue weighted by Gasteiger charge is -2.38. The first kappa shape index (κ1) is 23.3. The number of carbonyl (C=O) groups excluding carboxylic acids is 1. The van der Waals surface area contributed by atoms with Crippen molar-refractivity contribution in [2.24, 2.45) is 0 Å². The average Bonchev–Trinajstić information content (AvgIpc) is 3.39. The molecule has 0 atom stereocenters. The van der Waals surface area contributed by atoms with Crippen LogP contribution in [0.15, 0.2) is 70.3 Å². The summed E-state index contributed by atoms with van der Waals surface area (Å²) in [4.78, 5) is 13.0. The Hall–Kier alpha value is -2.88. The summed E-state index contributed by atoms with van der Waals surface area (Å²) in [6, 6.07) is 17.6. The van der Waals surface area contributed by atoms with E-state index < -0.39 is 10.0 Å². The predicted octanol–water partition coefficient (Wildman–Crippen LogP) is 4.04. The molecule has 0 bridgehead atoms. The van der Waals surface area contributed by atoms with Gasteiger partial charge in [0.15, 0.2) is 0 Å². The molecule has 1 fully saturated rings. The summed E-state index contributed by atoms with van der Waals surface area (Å²) in [5.41, 5.74) is 1.62. The number of thiophene rings is 1. The van der Waals surface area contributed by atoms with E-state index in [0.717, 1.165) is 35.5 Å². The van der Waals surface area contributed by atoms with E-state index >= 15 is 0 Å². The fraction of sp³-hybridized carbons (Fsp3) is 0.292. The minimum atomic E-state index is -3.68. The number of ether oxygens (including phenoxy) is 2. The molecule has 1 amide bonds. The van der Waals surface area contributed by atoms with Gasteiger partial charge in [-0.25, -0.2) is 8.42 Å². The maximum absolute atomic E-state index is 13.0. The van der Waals surface area contributed by atoms with Crippen LogP contribution in [0.25, 0.3) is 0 Å². The number of carbonyl (C=O) groups is 1. The lowest BCUT2D eigenvalue weighted by molar-refractivity contribution is 0.0487. The molecule has 0 unspecified atom stereocenters. The Labute approximate surface area is 197 Å². The lowest BCUT2D eigenvalue weighted by Crippen LogP contribution is -2.44. The van der Waals surface area contributed by atoms with Crippen molar-refractivity contribution in [3.63, 3.8) is 0 Å². The number of hydrogen-bond acceptors (Lipinski definition) is 6. The molecule has 2 heterocycles. The van der Waals surface area contributed by atoms with Gasteiger partial charge in [0, 0.05) is 36.4 Å². The second-order valence-corrected chi connectivity index (χ2v) is 10.8. The first-order valence-electron chi connectivity index (χ1n) is 10.6. The highest BCUT2D eigenvalue weighted by molar-refractivity contribution is 7.94. The maximum Gasteiger partial charge on any atom is 0.271 e. The van der Waals surface area contributed by atoms with Crippen LogP contribution in [0.1, 0.15) is 28.8 Å². The monoisotopic (exact) mass is 486 g/mol. The zero-order valence-corrected chi connectivity index (χ0v) is 19.9. The molecule has 2 N–H and O–H groups in total. The van der Waals surface area contributed by atoms with Crippen LogP contribution in [-0.2, 0) is 20.2 Å². The highest BCUT2D eigenvalue weighted by Gasteiger charge is 2.35. The Bertz CT molecular complexity index is 1190. The van der Waals surface area contributed by atoms with Gasteiger partial charge in [-0.1, -0.05) is 24.3 Å². The maximum atomic E-state index is 13.0. The SMILES string of the molecule is COc1ccc(C2(CNC(=O)c3cccc(NS(=O)(=O)c4cccs4)c3)CCOCC2)cc1. The molecule has 0 saturated carbocycles. The van der Waals surface area contributed by atoms with Crippen molar-refractivity contribution in [1.29, 1.82) is 0 Å². The van der Waals surface area contributed by atoms with Crippen LogP contribution >= 0.6 is 11.3 Å². The summed E-state index contributed by atoms with van der Waals surface area (Å²) in [7, 11) is -2.05. The molecule has 1 saturated heterocycles. The number of amides is 1. The molecule has 1 aliphatic heterocycles. The van der Waals surface area contributed by atoms with Crippen molar-refractivity contribution in [3.05, 3.63) is 77.2 Å². The fourth-order valence-corrected chi connectivity index (χ4v) is 6.01. The van der Waals surface area contributed by atoms with E-state index in [2.05, 4.69) is 10.0 Å². The van der Waals surface area contributed by atoms with E-state index in [1.165, 1.54) is 6.07 Å². The third-order valence-electron chi connectivity index (χ3n) is 5.88. The zero-order valence-electron chi connectivity index (χ0n) is 18.2. The summed E-state index contributed by atoms with van der Waals surface area (Å²) >= 11 is 1.14. The molecule has 174 valence electrons. The smallest absolute Gasteiger partial charge is 0.271 e. The molecule has 0 spiro atoms. The Balaban J connectivity index is 1.48. The first-order valence-corrected chi connectivity index (χ1v) is 13.0. The minimum Gasteiger partial charge on any atom is -0.497 e. The number of benzene rings is 2. The first-order chi connectivity index (χ1) is 15.9. The summed E-state index contributed by atoms with van der Waals surface area (Å²) < 4.78 is 38.6. The van der Waals surface area contributed by atoms with Crippen LogP contribution in [0, 0.1) is 0 Å². The second-order valence-electron chi connectivity index (χ2n) is 7.92. The molecule has 0 aliphatic carbocycles. The van der Waals surface area contributed by atoms with Gasteiger partial charge in [-0.15, -0.1) is 11.3 Å². The molecular weight excluding hydrogens is 460 g/mol. The fourth-order valence-electron chi connectivity index (χ4n) is 3.97. The number of rotatable bonds is 8. The standard InChI is InChI=1S/C24H26N2O5S2/c1-30-21-9-7-19(8-10-21)24(11-13-31-14-12-24)17-25-23(27)18-4-2-5-20(16-18)26-33(28,29)22-6-3-15-32-22/h2-10,15-16,26H,11-14,17H2,1H3,(H,25,27). The van der Waals surface area contributed by atoms with Crippen molar-refractivity contribution in [3.8, 4) is 5.75 Å². The number of nitrogens with one attached hydrogen (secondary N) is 2. The third-order valence-corrected chi connectivity index (χ3v) is 8.66. The summed E-state index contributed by atoms with van der Waals surface area (Å²) in [6.07, 6.45) is 1.58. The number of hydrogen-bond donors (Lipinski definition) is 2. The molecule has 9 heteroatoms. The number of sulfonamides is 1. The molecule has 33 heavy (non-hydrogen) atoms. The van der Waals surface area contributed by atoms with Crippen molar-refractivity contribution in [2.45, 2.75) is 22.5 Å². The molecule has 4 rings (SSSR count). The van der Waals surface area contributed by atoms with Gasteiger partial charge in [0.1, 0.15) is 9.96 Å². The third kappa shape index (κ3) is 5.38. The van der Waals surface area contributed by atoms with E-state index in [1.807, 2.05) is 24.3 Å². The Morgan fingerprint density at radius 2 is 1.85 bits per heavy atom. The second kappa shape index (κ2) is 9.94. The summed E-state index contributed by atoms with van der Waals surface area (Å²) in [6.45, 7) is 1.70. The molecule has 1 aliphatic rings. The van der Waals surface area contributed by atoms with Crippen LogP contribution in [0.3, 0.4) is 0 Å². The lowest BCUT2D eigenvalue weighted by atomic mass is 9.74. The van der Waals surface area contributed by atoms with Crippen LogP contribution in [0.5, 0.6) is 5.75 Å². The molecular formula is C24H26N2O5S2. The number of anilines is 1. The van der Waals surface area contributed by atoms with Crippen LogP contribution in [0.2, 0.25) is 0 Å². The number of methoxy groups -OCH3 is 1. The van der Waals surface area contributed by atoms with Crippen molar-refractivity contribution >= 4 is 33.0 Å². The molecule has 2 aromatic carbocycles. The van der Waals surface area contributed by atoms with E-state index in [4.69, 9.17) is 9.47 Å². The van der Waals surface area contributed by atoms with E-state index in [0.29, 0.717) is 31.0 Å². The van der Waals surface area contributed by atoms with Gasteiger partial charge in [-0.3, -0.25) is 9.52 Å². The van der Waals surface area contributed by atoms with Crippen molar-refractivity contribution in [2.75, 3.05) is 31.6 Å². The van der Waals surface area contributed by atoms with E-state index in [9.17, 15) is 13.2 Å². The summed E-state index contributed by atoms with van der Waals surface area (Å²) in [5, 5.41) is 4.76. The highest BCUT2D eigenvalue weighted by Crippen LogP contribution is 2.35. The van der Waals surface area contributed by atoms with Gasteiger partial charge in [0.2, 0.25) is 0 Å². The van der Waals surface area contributed by atoms with E-state index in [1.54, 1.807) is 42.8 Å². The van der Waals surface area contributed by atoms with Crippen LogP contribution in [-0.4, -0.2) is 41.2 Å². The normalized spacial score (nSPS) is 15.5. The Morgan fingerprint density at radius 1 is 1.09 bits per heavy atom. The highest BCUT2D eigenvalue weighted by atomic mass is 32.2. The Kier molecular flexibility index (Phi) is 7.02. The minimum absolute atomic E-state index is 0.221. The van der Waals surface area contributed by atoms with E-state index in [-0.39, 0.29) is 15.5 Å². The topological polar surface area (TPSA) is 93.7 Å². The largest absolute Gasteiger partial charge is 0.497 e. The molecule has 3 aromatic rings. The Morgan fingerprint density at radius 3 is 2.52 bits per heavy atom. The van der Waals surface area contributed by atoms with Gasteiger partial charge in [-0.05, 0) is 60.2 Å². The van der Waals surface area contributed by atoms with Gasteiger partial charge in [0.05, 0.1) is 7.11 Å². The average molecular weight is 487 g/mol. The summed E-state index contributed by atoms with van der Waals surface area (Å²) in [5.74, 6) is 0.526. The van der Waals surface area contributed by atoms with Crippen LogP contribution in [0.4, 0.5) is 5.69 Å². The van der Waals surface area contributed by atoms with Crippen molar-refractivity contribution in [1.82, 2.24) is 5.32 Å². The molecule has 1 aromatic heterocycles. The van der Waals surface area contributed by atoms with Gasteiger partial charge in [0.25, 0.3) is 15.9 Å². The van der Waals surface area contributed by atoms with Crippen molar-refractivity contribution < 1.29 is 22.7 Å². The van der Waals surface area contributed by atoms with Gasteiger partial charge >= 0.3 is 0 Å². The predicted molar refractivity (Wildman–Crippen MR) is 129 cm³/mol. The molecule has 0 radical (unpaired) electrons. The molecule has 7 nitrogen and oxygen atoms in total. The van der Waals surface area contributed by atoms with Gasteiger partial charge in [-0.2, -0.15) is 0 Å². The quantitative estimate of drug-likeness (QED) is 0.501. The zero-order chi connectivity index (χ0) is 23.3.